The first-order valence-corrected chi connectivity index (χ1v) is 6.68. The standard InChI is InChI=1S/C13H16BrN5.ClH/c1-9-6-7-19(8-9)13(16)18-12(15)17-11-4-2-10(14)3-5-11;/h2-6H,7-8H2,1H3,(H4,15,16,17,18);1H. The summed E-state index contributed by atoms with van der Waals surface area (Å²) in [6, 6.07) is 7.49. The van der Waals surface area contributed by atoms with E-state index in [2.05, 4.69) is 38.9 Å². The van der Waals surface area contributed by atoms with Crippen LogP contribution in [-0.2, 0) is 0 Å². The Morgan fingerprint density at radius 1 is 1.25 bits per heavy atom. The van der Waals surface area contributed by atoms with E-state index in [1.54, 1.807) is 0 Å². The van der Waals surface area contributed by atoms with E-state index >= 15 is 0 Å². The summed E-state index contributed by atoms with van der Waals surface area (Å²) < 4.78 is 0.992. The van der Waals surface area contributed by atoms with Crippen LogP contribution < -0.4 is 11.5 Å². The van der Waals surface area contributed by atoms with Gasteiger partial charge in [0.2, 0.25) is 5.96 Å². The van der Waals surface area contributed by atoms with Gasteiger partial charge in [-0.05, 0) is 31.2 Å². The van der Waals surface area contributed by atoms with Crippen LogP contribution in [-0.4, -0.2) is 29.9 Å². The molecule has 0 spiro atoms. The van der Waals surface area contributed by atoms with E-state index < -0.39 is 0 Å². The molecule has 0 aliphatic carbocycles. The molecule has 1 aromatic carbocycles. The summed E-state index contributed by atoms with van der Waals surface area (Å²) in [6.45, 7) is 3.63. The molecule has 1 heterocycles. The summed E-state index contributed by atoms with van der Waals surface area (Å²) in [7, 11) is 0. The highest BCUT2D eigenvalue weighted by Crippen LogP contribution is 2.16. The first-order valence-electron chi connectivity index (χ1n) is 5.89. The predicted molar refractivity (Wildman–Crippen MR) is 89.6 cm³/mol. The summed E-state index contributed by atoms with van der Waals surface area (Å²) in [4.78, 5) is 10.3. The van der Waals surface area contributed by atoms with Crippen LogP contribution >= 0.6 is 28.3 Å². The van der Waals surface area contributed by atoms with Crippen molar-refractivity contribution in [3.63, 3.8) is 0 Å². The Morgan fingerprint density at radius 2 is 1.90 bits per heavy atom. The third kappa shape index (κ3) is 4.54. The lowest BCUT2D eigenvalue weighted by Gasteiger charge is -2.16. The molecule has 1 aliphatic rings. The van der Waals surface area contributed by atoms with Crippen LogP contribution in [0.5, 0.6) is 0 Å². The van der Waals surface area contributed by atoms with Gasteiger partial charge in [-0.25, -0.2) is 4.99 Å². The first-order chi connectivity index (χ1) is 9.04. The van der Waals surface area contributed by atoms with Crippen LogP contribution in [0, 0.1) is 0 Å². The van der Waals surface area contributed by atoms with Gasteiger partial charge in [0, 0.05) is 17.6 Å². The molecule has 108 valence electrons. The maximum Gasteiger partial charge on any atom is 0.223 e. The Morgan fingerprint density at radius 3 is 2.45 bits per heavy atom. The number of nitrogens with two attached hydrogens (primary N) is 2. The molecule has 0 unspecified atom stereocenters. The molecule has 0 bridgehead atoms. The Bertz CT molecular complexity index is 550. The third-order valence-electron chi connectivity index (χ3n) is 2.72. The average molecular weight is 359 g/mol. The molecule has 0 saturated carbocycles. The summed E-state index contributed by atoms with van der Waals surface area (Å²) in [5, 5.41) is 0. The molecule has 0 atom stereocenters. The van der Waals surface area contributed by atoms with Crippen molar-refractivity contribution in [2.24, 2.45) is 21.5 Å². The first kappa shape index (κ1) is 16.5. The molecule has 0 radical (unpaired) electrons. The molecule has 4 N–H and O–H groups in total. The lowest BCUT2D eigenvalue weighted by atomic mass is 10.3. The van der Waals surface area contributed by atoms with Crippen LogP contribution in [0.1, 0.15) is 6.92 Å². The predicted octanol–water partition coefficient (Wildman–Crippen LogP) is 2.39. The average Bonchev–Trinajstić information content (AvgIpc) is 2.79. The van der Waals surface area contributed by atoms with Gasteiger partial charge in [0.25, 0.3) is 0 Å². The van der Waals surface area contributed by atoms with Crippen molar-refractivity contribution in [3.8, 4) is 0 Å². The fraction of sp³-hybridized carbons (Fsp3) is 0.231. The lowest BCUT2D eigenvalue weighted by Crippen LogP contribution is -2.37. The van der Waals surface area contributed by atoms with Crippen LogP contribution in [0.4, 0.5) is 5.69 Å². The number of halogens is 2. The molecule has 2 rings (SSSR count). The number of nitrogens with zero attached hydrogens (tertiary/aromatic N) is 3. The third-order valence-corrected chi connectivity index (χ3v) is 3.25. The van der Waals surface area contributed by atoms with Crippen LogP contribution in [0.2, 0.25) is 0 Å². The van der Waals surface area contributed by atoms with E-state index in [0.717, 1.165) is 23.2 Å². The number of guanidine groups is 2. The lowest BCUT2D eigenvalue weighted by molar-refractivity contribution is 0.527. The number of aliphatic imine (C=N–C) groups is 2. The van der Waals surface area contributed by atoms with Crippen molar-refractivity contribution < 1.29 is 0 Å². The van der Waals surface area contributed by atoms with E-state index in [0.29, 0.717) is 5.96 Å². The Kier molecular flexibility index (Phi) is 6.04. The van der Waals surface area contributed by atoms with Gasteiger partial charge in [-0.15, -0.1) is 12.4 Å². The second-order valence-electron chi connectivity index (χ2n) is 4.35. The monoisotopic (exact) mass is 357 g/mol. The highest BCUT2D eigenvalue weighted by Gasteiger charge is 2.13. The molecular weight excluding hydrogens is 342 g/mol. The zero-order chi connectivity index (χ0) is 13.8. The SMILES string of the molecule is CC1=CCN(C(N)=NC(N)=Nc2ccc(Br)cc2)C1.Cl. The van der Waals surface area contributed by atoms with E-state index in [-0.39, 0.29) is 18.4 Å². The maximum atomic E-state index is 5.89. The topological polar surface area (TPSA) is 80.0 Å². The number of hydrogen-bond acceptors (Lipinski definition) is 1. The summed E-state index contributed by atoms with van der Waals surface area (Å²) in [5.74, 6) is 0.552. The van der Waals surface area contributed by atoms with Gasteiger partial charge >= 0.3 is 0 Å². The summed E-state index contributed by atoms with van der Waals surface area (Å²) in [5.41, 5.74) is 13.7. The second kappa shape index (κ2) is 7.31. The normalized spacial score (nSPS) is 15.9. The van der Waals surface area contributed by atoms with Crippen molar-refractivity contribution in [3.05, 3.63) is 40.4 Å². The summed E-state index contributed by atoms with van der Waals surface area (Å²) in [6.07, 6.45) is 2.12. The van der Waals surface area contributed by atoms with Gasteiger partial charge in [-0.3, -0.25) is 0 Å². The number of rotatable bonds is 1. The molecule has 0 amide bonds. The molecule has 7 heteroatoms. The molecule has 5 nitrogen and oxygen atoms in total. The van der Waals surface area contributed by atoms with Gasteiger partial charge in [-0.2, -0.15) is 4.99 Å². The largest absolute Gasteiger partial charge is 0.369 e. The highest BCUT2D eigenvalue weighted by molar-refractivity contribution is 9.10. The van der Waals surface area contributed by atoms with Crippen LogP contribution in [0.15, 0.2) is 50.4 Å². The fourth-order valence-corrected chi connectivity index (χ4v) is 2.00. The molecule has 1 aliphatic heterocycles. The van der Waals surface area contributed by atoms with Crippen molar-refractivity contribution in [1.29, 1.82) is 0 Å². The van der Waals surface area contributed by atoms with Crippen LogP contribution in [0.3, 0.4) is 0 Å². The Balaban J connectivity index is 0.00000200. The molecule has 1 aromatic rings. The van der Waals surface area contributed by atoms with Gasteiger partial charge < -0.3 is 16.4 Å². The highest BCUT2D eigenvalue weighted by atomic mass is 79.9. The molecular formula is C13H17BrClN5. The summed E-state index contributed by atoms with van der Waals surface area (Å²) >= 11 is 3.36. The van der Waals surface area contributed by atoms with Crippen LogP contribution in [0.25, 0.3) is 0 Å². The Hall–Kier alpha value is -1.53. The minimum absolute atomic E-state index is 0. The maximum absolute atomic E-state index is 5.89. The quantitative estimate of drug-likeness (QED) is 0.459. The van der Waals surface area contributed by atoms with E-state index in [4.69, 9.17) is 11.5 Å². The smallest absolute Gasteiger partial charge is 0.223 e. The van der Waals surface area contributed by atoms with Gasteiger partial charge in [-0.1, -0.05) is 27.6 Å². The van der Waals surface area contributed by atoms with Gasteiger partial charge in [0.05, 0.1) is 5.69 Å². The van der Waals surface area contributed by atoms with E-state index in [1.807, 2.05) is 29.2 Å². The zero-order valence-electron chi connectivity index (χ0n) is 11.1. The van der Waals surface area contributed by atoms with Gasteiger partial charge in [0.15, 0.2) is 5.96 Å². The second-order valence-corrected chi connectivity index (χ2v) is 5.26. The van der Waals surface area contributed by atoms with Gasteiger partial charge in [0.1, 0.15) is 0 Å². The van der Waals surface area contributed by atoms with E-state index in [1.165, 1.54) is 5.57 Å². The van der Waals surface area contributed by atoms with E-state index in [9.17, 15) is 0 Å². The van der Waals surface area contributed by atoms with Crippen molar-refractivity contribution in [2.75, 3.05) is 13.1 Å². The molecule has 0 saturated heterocycles. The van der Waals surface area contributed by atoms with Crippen molar-refractivity contribution in [2.45, 2.75) is 6.92 Å². The number of hydrogen-bond donors (Lipinski definition) is 2. The van der Waals surface area contributed by atoms with Crippen molar-refractivity contribution >= 4 is 45.9 Å². The zero-order valence-corrected chi connectivity index (χ0v) is 13.5. The minimum Gasteiger partial charge on any atom is -0.369 e. The molecule has 0 fully saturated rings. The van der Waals surface area contributed by atoms with Crippen molar-refractivity contribution in [1.82, 2.24) is 4.90 Å². The minimum atomic E-state index is 0. The molecule has 0 aromatic heterocycles. The fourth-order valence-electron chi connectivity index (χ4n) is 1.73. The number of benzene rings is 1. The molecule has 20 heavy (non-hydrogen) atoms. The Labute approximate surface area is 133 Å².